The Labute approximate surface area is 140 Å². The smallest absolute Gasteiger partial charge is 0.253 e. The Balaban J connectivity index is 1.96. The molecule has 1 aromatic heterocycles. The summed E-state index contributed by atoms with van der Waals surface area (Å²) < 4.78 is 0. The number of halogens is 1. The summed E-state index contributed by atoms with van der Waals surface area (Å²) in [5.41, 5.74) is 5.76. The number of aromatic nitrogens is 1. The number of hydrogen-bond acceptors (Lipinski definition) is 2. The monoisotopic (exact) mass is 326 g/mol. The van der Waals surface area contributed by atoms with Crippen LogP contribution in [0.15, 0.2) is 41.2 Å². The molecule has 3 rings (SSSR count). The maximum absolute atomic E-state index is 12.3. The molecule has 0 atom stereocenters. The van der Waals surface area contributed by atoms with Gasteiger partial charge in [0, 0.05) is 22.8 Å². The minimum absolute atomic E-state index is 0.0587. The topological polar surface area (TPSA) is 44.9 Å². The molecule has 0 saturated carbocycles. The zero-order chi connectivity index (χ0) is 16.6. The highest BCUT2D eigenvalue weighted by atomic mass is 35.5. The third kappa shape index (κ3) is 3.10. The van der Waals surface area contributed by atoms with Crippen molar-refractivity contribution in [3.8, 4) is 0 Å². The molecule has 3 nitrogen and oxygen atoms in total. The number of benzene rings is 2. The van der Waals surface area contributed by atoms with Crippen LogP contribution in [0.25, 0.3) is 10.9 Å². The quantitative estimate of drug-likeness (QED) is 0.731. The van der Waals surface area contributed by atoms with Gasteiger partial charge in [-0.05, 0) is 61.5 Å². The fourth-order valence-corrected chi connectivity index (χ4v) is 3.03. The van der Waals surface area contributed by atoms with E-state index < -0.39 is 0 Å². The second kappa shape index (κ2) is 6.09. The number of pyridine rings is 1. The van der Waals surface area contributed by atoms with Crippen LogP contribution < -0.4 is 10.9 Å². The van der Waals surface area contributed by atoms with Crippen molar-refractivity contribution < 1.29 is 0 Å². The molecular weight excluding hydrogens is 308 g/mol. The highest BCUT2D eigenvalue weighted by molar-refractivity contribution is 6.31. The van der Waals surface area contributed by atoms with Gasteiger partial charge in [-0.15, -0.1) is 0 Å². The first-order valence-electron chi connectivity index (χ1n) is 7.58. The Kier molecular flexibility index (Phi) is 4.14. The minimum Gasteiger partial charge on any atom is -0.380 e. The molecule has 0 saturated heterocycles. The highest BCUT2D eigenvalue weighted by Crippen LogP contribution is 2.23. The molecule has 118 valence electrons. The summed E-state index contributed by atoms with van der Waals surface area (Å²) in [5, 5.41) is 5.07. The minimum atomic E-state index is -0.0587. The Bertz CT molecular complexity index is 944. The summed E-state index contributed by atoms with van der Waals surface area (Å²) in [7, 11) is 0. The summed E-state index contributed by atoms with van der Waals surface area (Å²) in [6.07, 6.45) is 0. The van der Waals surface area contributed by atoms with Crippen LogP contribution in [-0.2, 0) is 6.54 Å². The van der Waals surface area contributed by atoms with E-state index in [9.17, 15) is 4.79 Å². The number of hydrogen-bond donors (Lipinski definition) is 2. The number of nitrogens with one attached hydrogen (secondary N) is 2. The van der Waals surface area contributed by atoms with Crippen molar-refractivity contribution in [2.45, 2.75) is 27.3 Å². The van der Waals surface area contributed by atoms with Crippen molar-refractivity contribution >= 4 is 28.2 Å². The van der Waals surface area contributed by atoms with Crippen molar-refractivity contribution in [2.24, 2.45) is 0 Å². The van der Waals surface area contributed by atoms with E-state index in [4.69, 9.17) is 11.6 Å². The van der Waals surface area contributed by atoms with E-state index in [1.165, 1.54) is 5.56 Å². The van der Waals surface area contributed by atoms with Gasteiger partial charge in [0.2, 0.25) is 0 Å². The van der Waals surface area contributed by atoms with Crippen molar-refractivity contribution in [3.05, 3.63) is 74.0 Å². The zero-order valence-corrected chi connectivity index (χ0v) is 14.2. The Morgan fingerprint density at radius 1 is 1.13 bits per heavy atom. The maximum atomic E-state index is 12.3. The maximum Gasteiger partial charge on any atom is 0.253 e. The van der Waals surface area contributed by atoms with Gasteiger partial charge in [0.15, 0.2) is 0 Å². The lowest BCUT2D eigenvalue weighted by molar-refractivity contribution is 1.08. The summed E-state index contributed by atoms with van der Waals surface area (Å²) >= 11 is 6.13. The van der Waals surface area contributed by atoms with Crippen LogP contribution in [0.3, 0.4) is 0 Å². The Hall–Kier alpha value is -2.26. The molecule has 0 aliphatic heterocycles. The van der Waals surface area contributed by atoms with Crippen LogP contribution in [-0.4, -0.2) is 4.98 Å². The molecule has 0 spiro atoms. The Morgan fingerprint density at radius 3 is 2.70 bits per heavy atom. The van der Waals surface area contributed by atoms with Gasteiger partial charge in [0.25, 0.3) is 5.56 Å². The van der Waals surface area contributed by atoms with Crippen LogP contribution in [0.1, 0.15) is 22.3 Å². The van der Waals surface area contributed by atoms with Crippen LogP contribution >= 0.6 is 11.6 Å². The lowest BCUT2D eigenvalue weighted by Crippen LogP contribution is -2.16. The number of rotatable bonds is 3. The molecule has 0 aliphatic rings. The van der Waals surface area contributed by atoms with Crippen molar-refractivity contribution in [1.29, 1.82) is 0 Å². The van der Waals surface area contributed by atoms with Crippen molar-refractivity contribution in [1.82, 2.24) is 4.98 Å². The number of aromatic amines is 1. The SMILES string of the molecule is Cc1cc(C)c2[nH]c(=O)c(CNc3cccc(Cl)c3C)cc2c1. The van der Waals surface area contributed by atoms with Crippen LogP contribution in [0.5, 0.6) is 0 Å². The number of aryl methyl sites for hydroxylation is 2. The van der Waals surface area contributed by atoms with Gasteiger partial charge in [-0.3, -0.25) is 4.79 Å². The lowest BCUT2D eigenvalue weighted by atomic mass is 10.1. The molecule has 0 amide bonds. The van der Waals surface area contributed by atoms with Crippen LogP contribution in [0.2, 0.25) is 5.02 Å². The van der Waals surface area contributed by atoms with Gasteiger partial charge in [0.1, 0.15) is 0 Å². The van der Waals surface area contributed by atoms with E-state index in [-0.39, 0.29) is 5.56 Å². The largest absolute Gasteiger partial charge is 0.380 e. The molecule has 0 bridgehead atoms. The average molecular weight is 327 g/mol. The standard InChI is InChI=1S/C19H19ClN2O/c1-11-7-12(2)18-14(8-11)9-15(19(23)22-18)10-21-17-6-4-5-16(20)13(17)3/h4-9,21H,10H2,1-3H3,(H,22,23). The normalized spacial score (nSPS) is 11.0. The third-order valence-corrected chi connectivity index (χ3v) is 4.52. The summed E-state index contributed by atoms with van der Waals surface area (Å²) in [6.45, 7) is 6.49. The van der Waals surface area contributed by atoms with Crippen LogP contribution in [0, 0.1) is 20.8 Å². The molecule has 2 N–H and O–H groups in total. The van der Waals surface area contributed by atoms with E-state index >= 15 is 0 Å². The molecule has 4 heteroatoms. The number of fused-ring (bicyclic) bond motifs is 1. The molecule has 0 unspecified atom stereocenters. The van der Waals surface area contributed by atoms with Gasteiger partial charge < -0.3 is 10.3 Å². The molecular formula is C19H19ClN2O. The third-order valence-electron chi connectivity index (χ3n) is 4.11. The van der Waals surface area contributed by atoms with Gasteiger partial charge in [-0.2, -0.15) is 0 Å². The fraction of sp³-hybridized carbons (Fsp3) is 0.211. The van der Waals surface area contributed by atoms with E-state index in [0.29, 0.717) is 17.1 Å². The molecule has 1 heterocycles. The first kappa shape index (κ1) is 15.6. The first-order chi connectivity index (χ1) is 11.0. The zero-order valence-electron chi connectivity index (χ0n) is 13.5. The lowest BCUT2D eigenvalue weighted by Gasteiger charge is -2.11. The summed E-state index contributed by atoms with van der Waals surface area (Å²) in [6, 6.07) is 11.8. The molecule has 0 radical (unpaired) electrons. The second-order valence-corrected chi connectivity index (χ2v) is 6.34. The highest BCUT2D eigenvalue weighted by Gasteiger charge is 2.07. The summed E-state index contributed by atoms with van der Waals surface area (Å²) in [5.74, 6) is 0. The van der Waals surface area contributed by atoms with Crippen molar-refractivity contribution in [3.63, 3.8) is 0 Å². The second-order valence-electron chi connectivity index (χ2n) is 5.94. The predicted octanol–water partition coefficient (Wildman–Crippen LogP) is 4.72. The van der Waals surface area contributed by atoms with Crippen LogP contribution in [0.4, 0.5) is 5.69 Å². The molecule has 3 aromatic rings. The Morgan fingerprint density at radius 2 is 1.91 bits per heavy atom. The predicted molar refractivity (Wildman–Crippen MR) is 97.6 cm³/mol. The van der Waals surface area contributed by atoms with E-state index in [2.05, 4.69) is 29.4 Å². The molecule has 0 aliphatic carbocycles. The van der Waals surface area contributed by atoms with Gasteiger partial charge in [-0.25, -0.2) is 0 Å². The number of H-pyrrole nitrogens is 1. The summed E-state index contributed by atoms with van der Waals surface area (Å²) in [4.78, 5) is 15.3. The van der Waals surface area contributed by atoms with Gasteiger partial charge in [-0.1, -0.05) is 29.3 Å². The van der Waals surface area contributed by atoms with E-state index in [1.54, 1.807) is 0 Å². The van der Waals surface area contributed by atoms with E-state index in [1.807, 2.05) is 38.1 Å². The molecule has 23 heavy (non-hydrogen) atoms. The molecule has 0 fully saturated rings. The molecule has 2 aromatic carbocycles. The fourth-order valence-electron chi connectivity index (χ4n) is 2.85. The number of anilines is 1. The first-order valence-corrected chi connectivity index (χ1v) is 7.95. The van der Waals surface area contributed by atoms with Gasteiger partial charge in [0.05, 0.1) is 5.52 Å². The average Bonchev–Trinajstić information content (AvgIpc) is 2.50. The van der Waals surface area contributed by atoms with Gasteiger partial charge >= 0.3 is 0 Å². The van der Waals surface area contributed by atoms with Crippen molar-refractivity contribution in [2.75, 3.05) is 5.32 Å². The van der Waals surface area contributed by atoms with E-state index in [0.717, 1.165) is 27.7 Å².